The zero-order chi connectivity index (χ0) is 49.8. The molecule has 8 nitrogen and oxygen atoms in total. The fourth-order valence-electron chi connectivity index (χ4n) is 11.9. The van der Waals surface area contributed by atoms with Gasteiger partial charge in [0.1, 0.15) is 11.6 Å². The highest BCUT2D eigenvalue weighted by Gasteiger charge is 2.21. The van der Waals surface area contributed by atoms with E-state index in [1.165, 1.54) is 43.1 Å². The van der Waals surface area contributed by atoms with Crippen molar-refractivity contribution in [2.75, 3.05) is 0 Å². The van der Waals surface area contributed by atoms with Crippen LogP contribution < -0.4 is 0 Å². The number of nitrogens with zero attached hydrogens (tertiary/aromatic N) is 8. The molecular weight excluding hydrogens is 929 g/mol. The Morgan fingerprint density at radius 1 is 0.184 bits per heavy atom. The molecule has 0 radical (unpaired) electrons. The van der Waals surface area contributed by atoms with Gasteiger partial charge in [-0.3, -0.25) is 9.13 Å². The van der Waals surface area contributed by atoms with Gasteiger partial charge in [-0.2, -0.15) is 0 Å². The number of para-hydroxylation sites is 8. The summed E-state index contributed by atoms with van der Waals surface area (Å²) in [6.07, 6.45) is 0. The van der Waals surface area contributed by atoms with Crippen molar-refractivity contribution < 1.29 is 0 Å². The van der Waals surface area contributed by atoms with Crippen molar-refractivity contribution in [1.29, 1.82) is 0 Å². The largest absolute Gasteiger partial charge is 0.309 e. The predicted octanol–water partition coefficient (Wildman–Crippen LogP) is 16.7. The molecule has 0 unspecified atom stereocenters. The average molecular weight is 971 g/mol. The number of pyridine rings is 4. The number of rotatable bonds is 7. The van der Waals surface area contributed by atoms with Crippen LogP contribution in [0.4, 0.5) is 0 Å². The molecule has 0 saturated carbocycles. The molecule has 0 atom stereocenters. The van der Waals surface area contributed by atoms with Crippen LogP contribution in [0.5, 0.6) is 0 Å². The maximum atomic E-state index is 5.57. The Hall–Kier alpha value is -10.4. The molecule has 0 aliphatic heterocycles. The van der Waals surface area contributed by atoms with Gasteiger partial charge in [0.15, 0.2) is 0 Å². The van der Waals surface area contributed by atoms with Crippen molar-refractivity contribution in [3.8, 4) is 57.2 Å². The van der Waals surface area contributed by atoms with Crippen molar-refractivity contribution in [2.24, 2.45) is 0 Å². The number of hydrogen-bond acceptors (Lipinski definition) is 4. The maximum absolute atomic E-state index is 5.57. The molecule has 0 bridgehead atoms. The molecule has 8 aromatic carbocycles. The Labute approximate surface area is 435 Å². The molecule has 0 spiro atoms. The van der Waals surface area contributed by atoms with Gasteiger partial charge in [0.25, 0.3) is 0 Å². The first-order chi connectivity index (χ1) is 37.7. The minimum absolute atomic E-state index is 0.710. The van der Waals surface area contributed by atoms with Gasteiger partial charge in [-0.15, -0.1) is 0 Å². The molecule has 0 fully saturated rings. The van der Waals surface area contributed by atoms with Gasteiger partial charge in [0.05, 0.1) is 89.7 Å². The predicted molar refractivity (Wildman–Crippen MR) is 311 cm³/mol. The van der Waals surface area contributed by atoms with E-state index in [0.717, 1.165) is 89.9 Å². The summed E-state index contributed by atoms with van der Waals surface area (Å²) >= 11 is 0. The summed E-state index contributed by atoms with van der Waals surface area (Å²) in [6.45, 7) is 0. The summed E-state index contributed by atoms with van der Waals surface area (Å²) in [6, 6.07) is 89.9. The number of aromatic nitrogens is 8. The first-order valence-corrected chi connectivity index (χ1v) is 25.6. The quantitative estimate of drug-likeness (QED) is 0.160. The smallest absolute Gasteiger partial charge is 0.140 e. The molecule has 0 N–H and O–H groups in total. The molecule has 8 heterocycles. The van der Waals surface area contributed by atoms with Crippen LogP contribution in [-0.4, -0.2) is 38.2 Å². The molecule has 16 aromatic rings. The van der Waals surface area contributed by atoms with E-state index < -0.39 is 0 Å². The van der Waals surface area contributed by atoms with Crippen LogP contribution in [0.3, 0.4) is 0 Å². The van der Waals surface area contributed by atoms with Crippen molar-refractivity contribution in [1.82, 2.24) is 38.2 Å². The highest BCUT2D eigenvalue weighted by atomic mass is 15.1. The summed E-state index contributed by atoms with van der Waals surface area (Å²) in [7, 11) is 0. The van der Waals surface area contributed by atoms with Crippen LogP contribution in [0, 0.1) is 0 Å². The van der Waals surface area contributed by atoms with E-state index in [1.54, 1.807) is 0 Å². The van der Waals surface area contributed by atoms with E-state index in [1.807, 2.05) is 0 Å². The first kappa shape index (κ1) is 42.1. The van der Waals surface area contributed by atoms with Crippen LogP contribution in [0.15, 0.2) is 255 Å². The van der Waals surface area contributed by atoms with E-state index >= 15 is 0 Å². The second-order valence-electron chi connectivity index (χ2n) is 19.4. The maximum Gasteiger partial charge on any atom is 0.140 e. The lowest BCUT2D eigenvalue weighted by molar-refractivity contribution is 1.05. The van der Waals surface area contributed by atoms with Crippen molar-refractivity contribution in [3.63, 3.8) is 0 Å². The fraction of sp³-hybridized carbons (Fsp3) is 0. The molecule has 8 heteroatoms. The molecular formula is C68H42N8. The Kier molecular flexibility index (Phi) is 9.17. The topological polar surface area (TPSA) is 71.3 Å². The van der Waals surface area contributed by atoms with E-state index in [4.69, 9.17) is 19.9 Å². The first-order valence-electron chi connectivity index (χ1n) is 25.6. The lowest BCUT2D eigenvalue weighted by Crippen LogP contribution is -2.04. The molecule has 76 heavy (non-hydrogen) atoms. The third-order valence-corrected chi connectivity index (χ3v) is 15.2. The molecule has 0 saturated heterocycles. The summed E-state index contributed by atoms with van der Waals surface area (Å²) in [5, 5.41) is 9.44. The standard InChI is InChI=1S/C68H42N8/c1-9-30-59-45(19-1)46-20-2-10-31-60(46)73(59)43-39-56(70-57(40-43)55-29-18-38-67(71-55)75-63-34-13-5-23-49(63)50-24-6-14-35-64(50)75)53-27-17-28-54(69-53)58-41-44(74-61-32-11-3-21-47(61)48-22-4-12-33-62(48)74)42-68(72-58)76-65-36-15-7-25-51(65)52-26-8-16-37-66(52)76/h1-42H. The van der Waals surface area contributed by atoms with Crippen LogP contribution in [-0.2, 0) is 0 Å². The minimum Gasteiger partial charge on any atom is -0.309 e. The molecule has 0 aliphatic carbocycles. The van der Waals surface area contributed by atoms with Crippen molar-refractivity contribution >= 4 is 87.2 Å². The molecule has 354 valence electrons. The number of fused-ring (bicyclic) bond motifs is 12. The highest BCUT2D eigenvalue weighted by molar-refractivity contribution is 6.12. The van der Waals surface area contributed by atoms with Gasteiger partial charge >= 0.3 is 0 Å². The van der Waals surface area contributed by atoms with Crippen LogP contribution >= 0.6 is 0 Å². The lowest BCUT2D eigenvalue weighted by Gasteiger charge is -2.15. The van der Waals surface area contributed by atoms with Crippen LogP contribution in [0.25, 0.3) is 144 Å². The van der Waals surface area contributed by atoms with E-state index in [2.05, 4.69) is 273 Å². The monoisotopic (exact) mass is 970 g/mol. The van der Waals surface area contributed by atoms with Gasteiger partial charge in [0.2, 0.25) is 0 Å². The van der Waals surface area contributed by atoms with Gasteiger partial charge < -0.3 is 9.13 Å². The Bertz CT molecular complexity index is 4690. The molecule has 8 aromatic heterocycles. The van der Waals surface area contributed by atoms with Crippen LogP contribution in [0.2, 0.25) is 0 Å². The van der Waals surface area contributed by atoms with Gasteiger partial charge in [-0.25, -0.2) is 19.9 Å². The number of hydrogen-bond donors (Lipinski definition) is 0. The van der Waals surface area contributed by atoms with Crippen molar-refractivity contribution in [3.05, 3.63) is 255 Å². The van der Waals surface area contributed by atoms with E-state index in [-0.39, 0.29) is 0 Å². The van der Waals surface area contributed by atoms with Crippen molar-refractivity contribution in [2.45, 2.75) is 0 Å². The highest BCUT2D eigenvalue weighted by Crippen LogP contribution is 2.39. The fourth-order valence-corrected chi connectivity index (χ4v) is 11.9. The second-order valence-corrected chi connectivity index (χ2v) is 19.4. The van der Waals surface area contributed by atoms with E-state index in [0.29, 0.717) is 11.4 Å². The third kappa shape index (κ3) is 6.37. The zero-order valence-electron chi connectivity index (χ0n) is 40.8. The normalized spacial score (nSPS) is 11.9. The summed E-state index contributed by atoms with van der Waals surface area (Å²) in [5.41, 5.74) is 15.1. The van der Waals surface area contributed by atoms with Gasteiger partial charge in [0, 0.05) is 49.2 Å². The second kappa shape index (κ2) is 16.5. The third-order valence-electron chi connectivity index (χ3n) is 15.2. The Morgan fingerprint density at radius 3 is 0.803 bits per heavy atom. The van der Waals surface area contributed by atoms with Crippen LogP contribution in [0.1, 0.15) is 0 Å². The zero-order valence-corrected chi connectivity index (χ0v) is 40.8. The van der Waals surface area contributed by atoms with E-state index in [9.17, 15) is 0 Å². The molecule has 0 aliphatic rings. The SMILES string of the molecule is c1cc(-c2cc(-n3c4ccccc4c4ccccc43)cc(-c3cccc(-n4c5ccccc5c5ccccc54)n3)n2)nc(-c2cc(-n3c4ccccc4c4ccccc43)cc(-n3c4ccccc4c4ccccc43)n2)c1. The molecule has 16 rings (SSSR count). The van der Waals surface area contributed by atoms with Gasteiger partial charge in [-0.05, 0) is 91.0 Å². The Balaban J connectivity index is 0.924. The molecule has 0 amide bonds. The summed E-state index contributed by atoms with van der Waals surface area (Å²) in [5.74, 6) is 1.61. The van der Waals surface area contributed by atoms with Gasteiger partial charge in [-0.1, -0.05) is 158 Å². The lowest BCUT2D eigenvalue weighted by atomic mass is 10.1. The number of benzene rings is 8. The Morgan fingerprint density at radius 2 is 0.434 bits per heavy atom. The average Bonchev–Trinajstić information content (AvgIpc) is 4.23. The summed E-state index contributed by atoms with van der Waals surface area (Å²) < 4.78 is 9.25. The minimum atomic E-state index is 0.710. The summed E-state index contributed by atoms with van der Waals surface area (Å²) in [4.78, 5) is 22.1.